The fourth-order valence-electron chi connectivity index (χ4n) is 1.60. The van der Waals surface area contributed by atoms with Crippen molar-refractivity contribution in [1.82, 2.24) is 15.3 Å². The maximum Gasteiger partial charge on any atom is 0.304 e. The number of anilines is 1. The third-order valence-corrected chi connectivity index (χ3v) is 3.31. The number of aromatic nitrogens is 2. The summed E-state index contributed by atoms with van der Waals surface area (Å²) in [6.45, 7) is 3.18. The topological polar surface area (TPSA) is 86.9 Å². The fraction of sp³-hybridized carbons (Fsp3) is 0.308. The third-order valence-electron chi connectivity index (χ3n) is 2.59. The normalized spacial score (nSPS) is 10.2. The summed E-state index contributed by atoms with van der Waals surface area (Å²) in [6, 6.07) is 3.37. The first-order valence-electron chi connectivity index (χ1n) is 6.34. The third kappa shape index (κ3) is 3.92. The molecule has 20 heavy (non-hydrogen) atoms. The van der Waals surface area contributed by atoms with Crippen molar-refractivity contribution in [3.63, 3.8) is 0 Å². The van der Waals surface area contributed by atoms with Crippen LogP contribution in [0.3, 0.4) is 0 Å². The molecule has 6 nitrogen and oxygen atoms in total. The number of nitrogens with one attached hydrogen (secondary N) is 3. The van der Waals surface area contributed by atoms with E-state index in [0.717, 1.165) is 24.3 Å². The van der Waals surface area contributed by atoms with Crippen LogP contribution in [-0.4, -0.2) is 22.4 Å². The van der Waals surface area contributed by atoms with E-state index in [4.69, 9.17) is 0 Å². The second kappa shape index (κ2) is 6.85. The number of H-pyrrole nitrogens is 1. The van der Waals surface area contributed by atoms with Crippen molar-refractivity contribution in [2.45, 2.75) is 19.9 Å². The zero-order valence-corrected chi connectivity index (χ0v) is 11.9. The first kappa shape index (κ1) is 14.3. The van der Waals surface area contributed by atoms with Gasteiger partial charge in [-0.2, -0.15) is 0 Å². The van der Waals surface area contributed by atoms with Crippen molar-refractivity contribution in [2.75, 3.05) is 11.9 Å². The molecule has 0 bridgehead atoms. The van der Waals surface area contributed by atoms with Gasteiger partial charge in [0, 0.05) is 29.4 Å². The Hall–Kier alpha value is -2.15. The number of pyridine rings is 1. The van der Waals surface area contributed by atoms with Gasteiger partial charge >= 0.3 is 4.87 Å². The van der Waals surface area contributed by atoms with Crippen LogP contribution in [0.15, 0.2) is 28.5 Å². The molecule has 0 saturated heterocycles. The summed E-state index contributed by atoms with van der Waals surface area (Å²) in [5, 5.41) is 7.58. The largest absolute Gasteiger partial charge is 0.370 e. The van der Waals surface area contributed by atoms with E-state index in [1.807, 2.05) is 0 Å². The Bertz CT molecular complexity index is 635. The smallest absolute Gasteiger partial charge is 0.304 e. The molecule has 2 heterocycles. The van der Waals surface area contributed by atoms with Crippen molar-refractivity contribution in [3.05, 3.63) is 44.6 Å². The molecule has 0 saturated carbocycles. The molecule has 2 aromatic heterocycles. The molecule has 0 atom stereocenters. The summed E-state index contributed by atoms with van der Waals surface area (Å²) < 4.78 is 0. The van der Waals surface area contributed by atoms with E-state index in [1.54, 1.807) is 23.7 Å². The van der Waals surface area contributed by atoms with Gasteiger partial charge in [0.25, 0.3) is 5.91 Å². The molecule has 0 aliphatic rings. The van der Waals surface area contributed by atoms with Gasteiger partial charge in [-0.1, -0.05) is 18.3 Å². The first-order valence-corrected chi connectivity index (χ1v) is 7.22. The Balaban J connectivity index is 1.96. The molecule has 0 aromatic carbocycles. The van der Waals surface area contributed by atoms with Crippen molar-refractivity contribution >= 4 is 23.1 Å². The van der Waals surface area contributed by atoms with Gasteiger partial charge in [0.15, 0.2) is 0 Å². The van der Waals surface area contributed by atoms with E-state index >= 15 is 0 Å². The lowest BCUT2D eigenvalue weighted by molar-refractivity contribution is 0.0950. The highest BCUT2D eigenvalue weighted by Crippen LogP contribution is 2.07. The number of carbonyl (C=O) groups excluding carboxylic acids is 1. The lowest BCUT2D eigenvalue weighted by Crippen LogP contribution is -2.23. The van der Waals surface area contributed by atoms with E-state index in [1.165, 1.54) is 0 Å². The molecule has 3 N–H and O–H groups in total. The summed E-state index contributed by atoms with van der Waals surface area (Å²) in [7, 11) is 0. The monoisotopic (exact) mass is 292 g/mol. The molecular formula is C13H16N4O2S. The fourth-order valence-corrected chi connectivity index (χ4v) is 2.18. The van der Waals surface area contributed by atoms with Crippen molar-refractivity contribution in [3.8, 4) is 0 Å². The summed E-state index contributed by atoms with van der Waals surface area (Å²) >= 11 is 1.08. The van der Waals surface area contributed by atoms with Crippen LogP contribution in [-0.2, 0) is 6.54 Å². The SMILES string of the molecule is CCCNc1cc(C(=O)NCc2csc(=O)[nH]2)ccn1. The zero-order chi connectivity index (χ0) is 14.4. The molecule has 0 aliphatic heterocycles. The highest BCUT2D eigenvalue weighted by Gasteiger charge is 2.07. The van der Waals surface area contributed by atoms with Gasteiger partial charge in [0.05, 0.1) is 6.54 Å². The van der Waals surface area contributed by atoms with Crippen LogP contribution in [0.2, 0.25) is 0 Å². The minimum Gasteiger partial charge on any atom is -0.370 e. The van der Waals surface area contributed by atoms with Crippen molar-refractivity contribution in [2.24, 2.45) is 0 Å². The van der Waals surface area contributed by atoms with E-state index < -0.39 is 0 Å². The molecule has 7 heteroatoms. The number of nitrogens with zero attached hydrogens (tertiary/aromatic N) is 1. The molecule has 1 amide bonds. The lowest BCUT2D eigenvalue weighted by Gasteiger charge is -2.07. The standard InChI is InChI=1S/C13H16N4O2S/c1-2-4-14-11-6-9(3-5-15-11)12(18)16-7-10-8-20-13(19)17-10/h3,5-6,8H,2,4,7H2,1H3,(H,14,15)(H,16,18)(H,17,19). The number of hydrogen-bond acceptors (Lipinski definition) is 5. The van der Waals surface area contributed by atoms with Crippen LogP contribution in [0.5, 0.6) is 0 Å². The zero-order valence-electron chi connectivity index (χ0n) is 11.1. The van der Waals surface area contributed by atoms with Gasteiger partial charge in [0.2, 0.25) is 0 Å². The number of hydrogen-bond donors (Lipinski definition) is 3. The van der Waals surface area contributed by atoms with Gasteiger partial charge in [-0.15, -0.1) is 0 Å². The molecular weight excluding hydrogens is 276 g/mol. The summed E-state index contributed by atoms with van der Waals surface area (Å²) in [5.74, 6) is 0.488. The van der Waals surface area contributed by atoms with Crippen molar-refractivity contribution in [1.29, 1.82) is 0 Å². The number of carbonyl (C=O) groups is 1. The quantitative estimate of drug-likeness (QED) is 0.754. The van der Waals surface area contributed by atoms with Gasteiger partial charge in [-0.05, 0) is 18.6 Å². The van der Waals surface area contributed by atoms with Crippen LogP contribution < -0.4 is 15.5 Å². The van der Waals surface area contributed by atoms with E-state index in [9.17, 15) is 9.59 Å². The van der Waals surface area contributed by atoms with Crippen molar-refractivity contribution < 1.29 is 4.79 Å². The highest BCUT2D eigenvalue weighted by molar-refractivity contribution is 7.07. The summed E-state index contributed by atoms with van der Waals surface area (Å²) in [6.07, 6.45) is 2.59. The minimum atomic E-state index is -0.195. The Morgan fingerprint density at radius 1 is 1.50 bits per heavy atom. The van der Waals surface area contributed by atoms with Gasteiger partial charge in [0.1, 0.15) is 5.82 Å². The molecule has 0 radical (unpaired) electrons. The second-order valence-electron chi connectivity index (χ2n) is 4.21. The molecule has 0 aliphatic carbocycles. The molecule has 106 valence electrons. The van der Waals surface area contributed by atoms with Crippen LogP contribution in [0.4, 0.5) is 5.82 Å². The van der Waals surface area contributed by atoms with Crippen LogP contribution >= 0.6 is 11.3 Å². The van der Waals surface area contributed by atoms with Gasteiger partial charge in [-0.25, -0.2) is 4.98 Å². The van der Waals surface area contributed by atoms with Gasteiger partial charge in [-0.3, -0.25) is 9.59 Å². The maximum absolute atomic E-state index is 12.0. The number of rotatable bonds is 6. The predicted octanol–water partition coefficient (Wildman–Crippen LogP) is 1.58. The average molecular weight is 292 g/mol. The summed E-state index contributed by atoms with van der Waals surface area (Å²) in [4.78, 5) is 29.6. The van der Waals surface area contributed by atoms with Crippen LogP contribution in [0, 0.1) is 0 Å². The minimum absolute atomic E-state index is 0.121. The Morgan fingerprint density at radius 3 is 3.05 bits per heavy atom. The van der Waals surface area contributed by atoms with Crippen LogP contribution in [0.25, 0.3) is 0 Å². The molecule has 0 unspecified atom stereocenters. The number of aromatic amines is 1. The van der Waals surface area contributed by atoms with Crippen LogP contribution in [0.1, 0.15) is 29.4 Å². The van der Waals surface area contributed by atoms with E-state index in [-0.39, 0.29) is 10.8 Å². The summed E-state index contributed by atoms with van der Waals surface area (Å²) in [5.41, 5.74) is 1.24. The number of thiazole rings is 1. The Morgan fingerprint density at radius 2 is 2.35 bits per heavy atom. The average Bonchev–Trinajstić information content (AvgIpc) is 2.88. The maximum atomic E-state index is 12.0. The highest BCUT2D eigenvalue weighted by atomic mass is 32.1. The van der Waals surface area contributed by atoms with E-state index in [0.29, 0.717) is 23.6 Å². The Kier molecular flexibility index (Phi) is 4.89. The molecule has 0 spiro atoms. The van der Waals surface area contributed by atoms with Gasteiger partial charge < -0.3 is 15.6 Å². The molecule has 0 fully saturated rings. The van der Waals surface area contributed by atoms with E-state index in [2.05, 4.69) is 27.5 Å². The lowest BCUT2D eigenvalue weighted by atomic mass is 10.2. The predicted molar refractivity (Wildman–Crippen MR) is 79.1 cm³/mol. The first-order chi connectivity index (χ1) is 9.69. The Labute approximate surface area is 120 Å². The number of amides is 1. The molecule has 2 aromatic rings. The molecule has 2 rings (SSSR count). The second-order valence-corrected chi connectivity index (χ2v) is 5.05.